The second-order valence-corrected chi connectivity index (χ2v) is 4.96. The van der Waals surface area contributed by atoms with E-state index in [2.05, 4.69) is 6.07 Å². The third-order valence-electron chi connectivity index (χ3n) is 2.89. The van der Waals surface area contributed by atoms with Crippen LogP contribution in [-0.4, -0.2) is 36.6 Å². The minimum Gasteiger partial charge on any atom is -0.457 e. The van der Waals surface area contributed by atoms with Crippen molar-refractivity contribution in [3.05, 3.63) is 30.3 Å². The first-order valence-electron chi connectivity index (χ1n) is 8.29. The van der Waals surface area contributed by atoms with E-state index in [0.717, 1.165) is 0 Å². The topological polar surface area (TPSA) is 114 Å². The summed E-state index contributed by atoms with van der Waals surface area (Å²) in [6.07, 6.45) is -4.81. The van der Waals surface area contributed by atoms with Crippen molar-refractivity contribution < 1.29 is 42.9 Å². The molecule has 0 aliphatic heterocycles. The highest BCUT2D eigenvalue weighted by Gasteiger charge is 2.48. The largest absolute Gasteiger partial charge is 0.569 e. The molecule has 1 unspecified atom stereocenters. The van der Waals surface area contributed by atoms with Crippen LogP contribution < -0.4 is 4.74 Å². The van der Waals surface area contributed by atoms with Gasteiger partial charge in [0.05, 0.1) is 0 Å². The van der Waals surface area contributed by atoms with Crippen molar-refractivity contribution in [2.75, 3.05) is 0 Å². The maximum absolute atomic E-state index is 11.8. The lowest BCUT2D eigenvalue weighted by Crippen LogP contribution is -2.50. The average molecular weight is 381 g/mol. The Balaban J connectivity index is 3.16. The number of rotatable bonds is 11. The van der Waals surface area contributed by atoms with Crippen molar-refractivity contribution in [2.24, 2.45) is 0 Å². The van der Waals surface area contributed by atoms with Crippen LogP contribution >= 0.6 is 0 Å². The first-order valence-corrected chi connectivity index (χ1v) is 8.29. The molecule has 0 bridgehead atoms. The number of hydrogen-bond donors (Lipinski definition) is 0. The molecular weight excluding hydrogens is 360 g/mol. The molecule has 0 aliphatic carbocycles. The van der Waals surface area contributed by atoms with Gasteiger partial charge in [-0.2, -0.15) is 0 Å². The highest BCUT2D eigenvalue weighted by Crippen LogP contribution is 2.24. The summed E-state index contributed by atoms with van der Waals surface area (Å²) in [6, 6.07) is 8.77. The van der Waals surface area contributed by atoms with Crippen molar-refractivity contribution in [3.63, 3.8) is 0 Å². The summed E-state index contributed by atoms with van der Waals surface area (Å²) in [6.45, 7) is 4.39. The van der Waals surface area contributed by atoms with Crippen LogP contribution in [0.1, 0.15) is 40.0 Å². The molecule has 1 aromatic rings. The Morgan fingerprint density at radius 3 is 1.78 bits per heavy atom. The highest BCUT2D eigenvalue weighted by atomic mass is 17.0. The fourth-order valence-electron chi connectivity index (χ4n) is 1.58. The van der Waals surface area contributed by atoms with Crippen LogP contribution in [0.4, 0.5) is 0 Å². The number of carbonyl (C=O) groups is 4. The van der Waals surface area contributed by atoms with Crippen molar-refractivity contribution in [1.29, 1.82) is 0 Å². The zero-order valence-electron chi connectivity index (χ0n) is 15.3. The molecule has 0 saturated carbocycles. The zero-order chi connectivity index (χ0) is 20.3. The lowest BCUT2D eigenvalue weighted by molar-refractivity contribution is -0.466. The molecule has 9 nitrogen and oxygen atoms in total. The molecule has 1 aromatic carbocycles. The minimum atomic E-state index is -2.89. The second-order valence-electron chi connectivity index (χ2n) is 4.96. The Morgan fingerprint density at radius 2 is 1.41 bits per heavy atom. The molecule has 0 aliphatic rings. The van der Waals surface area contributed by atoms with E-state index in [1.807, 2.05) is 0 Å². The van der Waals surface area contributed by atoms with E-state index < -0.39 is 30.4 Å². The number of carbonyl (C=O) groups excluding carboxylic acids is 4. The van der Waals surface area contributed by atoms with E-state index in [4.69, 9.17) is 23.7 Å². The van der Waals surface area contributed by atoms with E-state index in [-0.39, 0.29) is 31.3 Å². The Kier molecular flexibility index (Phi) is 8.94. The minimum absolute atomic E-state index is 0.139. The Morgan fingerprint density at radius 1 is 0.963 bits per heavy atom. The first-order chi connectivity index (χ1) is 12.9. The molecule has 0 amide bonds. The molecule has 9 heteroatoms. The van der Waals surface area contributed by atoms with Crippen LogP contribution in [0.5, 0.6) is 5.75 Å². The maximum Gasteiger partial charge on any atom is 0.569 e. The van der Waals surface area contributed by atoms with Gasteiger partial charge in [0, 0.05) is 19.3 Å². The molecule has 0 fully saturated rings. The smallest absolute Gasteiger partial charge is 0.457 e. The lowest BCUT2D eigenvalue weighted by atomic mass is 10.3. The van der Waals surface area contributed by atoms with Crippen LogP contribution in [0.3, 0.4) is 0 Å². The Bertz CT molecular complexity index is 596. The third kappa shape index (κ3) is 7.45. The van der Waals surface area contributed by atoms with Gasteiger partial charge in [0.1, 0.15) is 5.75 Å². The standard InChI is InChI=1S/C18H21O9/c1-4-14(20)24-18(25-15(21)5-2,26-16(22)6-3)27-17(12-19)23-13-10-8-7-9-11-13/h8-12,17H,4-6H2,1-3H3. The van der Waals surface area contributed by atoms with Crippen molar-refractivity contribution >= 4 is 24.2 Å². The molecule has 0 aromatic heterocycles. The summed E-state index contributed by atoms with van der Waals surface area (Å²) in [5.41, 5.74) is 0. The van der Waals surface area contributed by atoms with Gasteiger partial charge >= 0.3 is 24.1 Å². The number of hydrogen-bond acceptors (Lipinski definition) is 9. The van der Waals surface area contributed by atoms with Crippen LogP contribution in [0.25, 0.3) is 0 Å². The van der Waals surface area contributed by atoms with E-state index in [0.29, 0.717) is 0 Å². The predicted molar refractivity (Wildman–Crippen MR) is 88.7 cm³/mol. The van der Waals surface area contributed by atoms with Gasteiger partial charge < -0.3 is 18.9 Å². The van der Waals surface area contributed by atoms with E-state index in [1.165, 1.54) is 45.0 Å². The number of esters is 3. The maximum atomic E-state index is 11.8. The van der Waals surface area contributed by atoms with Gasteiger partial charge in [-0.1, -0.05) is 32.9 Å². The molecule has 0 saturated heterocycles. The zero-order valence-corrected chi connectivity index (χ0v) is 15.3. The Hall–Kier alpha value is -2.94. The van der Waals surface area contributed by atoms with Crippen LogP contribution in [0, 0.1) is 6.07 Å². The molecule has 0 spiro atoms. The number of ether oxygens (including phenoxy) is 5. The van der Waals surface area contributed by atoms with Gasteiger partial charge in [-0.25, -0.2) is 4.74 Å². The molecule has 147 valence electrons. The predicted octanol–water partition coefficient (Wildman–Crippen LogP) is 1.88. The lowest BCUT2D eigenvalue weighted by Gasteiger charge is -2.31. The van der Waals surface area contributed by atoms with Gasteiger partial charge in [-0.05, 0) is 18.2 Å². The van der Waals surface area contributed by atoms with Crippen molar-refractivity contribution in [3.8, 4) is 5.75 Å². The quantitative estimate of drug-likeness (QED) is 0.322. The Labute approximate surface area is 156 Å². The molecular formula is C18H21O9. The average Bonchev–Trinajstić information content (AvgIpc) is 2.67. The van der Waals surface area contributed by atoms with Crippen LogP contribution in [0.15, 0.2) is 24.3 Å². The molecule has 1 radical (unpaired) electrons. The third-order valence-corrected chi connectivity index (χ3v) is 2.89. The van der Waals surface area contributed by atoms with Crippen molar-refractivity contribution in [1.82, 2.24) is 0 Å². The second kappa shape index (κ2) is 10.9. The first kappa shape index (κ1) is 22.1. The summed E-state index contributed by atoms with van der Waals surface area (Å²) < 4.78 is 25.2. The molecule has 0 N–H and O–H groups in total. The van der Waals surface area contributed by atoms with E-state index in [1.54, 1.807) is 0 Å². The van der Waals surface area contributed by atoms with Crippen LogP contribution in [0.2, 0.25) is 0 Å². The van der Waals surface area contributed by atoms with Gasteiger partial charge in [0.25, 0.3) is 6.29 Å². The number of aldehydes is 1. The summed E-state index contributed by atoms with van der Waals surface area (Å²) in [4.78, 5) is 46.7. The molecule has 1 atom stereocenters. The fourth-order valence-corrected chi connectivity index (χ4v) is 1.58. The SMILES string of the molecule is CCC(=O)OC(OC(=O)CC)(OC(=O)CC)OC(C=O)Oc1cc[c]cc1. The fraction of sp³-hybridized carbons (Fsp3) is 0.444. The molecule has 1 rings (SSSR count). The number of benzene rings is 1. The molecule has 0 heterocycles. The summed E-state index contributed by atoms with van der Waals surface area (Å²) in [5, 5.41) is 0. The van der Waals surface area contributed by atoms with Crippen molar-refractivity contribution in [2.45, 2.75) is 52.5 Å². The summed E-state index contributed by atoms with van der Waals surface area (Å²) in [5.74, 6) is -2.49. The monoisotopic (exact) mass is 381 g/mol. The molecule has 27 heavy (non-hydrogen) atoms. The van der Waals surface area contributed by atoms with Gasteiger partial charge in [-0.3, -0.25) is 19.2 Å². The summed E-state index contributed by atoms with van der Waals surface area (Å²) in [7, 11) is 0. The highest BCUT2D eigenvalue weighted by molar-refractivity contribution is 5.73. The van der Waals surface area contributed by atoms with E-state index >= 15 is 0 Å². The van der Waals surface area contributed by atoms with E-state index in [9.17, 15) is 19.2 Å². The van der Waals surface area contributed by atoms with Gasteiger partial charge in [-0.15, -0.1) is 0 Å². The van der Waals surface area contributed by atoms with Gasteiger partial charge in [0.15, 0.2) is 6.29 Å². The van der Waals surface area contributed by atoms with Gasteiger partial charge in [0.2, 0.25) is 0 Å². The van der Waals surface area contributed by atoms with Crippen LogP contribution in [-0.2, 0) is 38.1 Å². The normalized spacial score (nSPS) is 11.8. The summed E-state index contributed by atoms with van der Waals surface area (Å²) >= 11 is 0.